The molecule has 0 saturated carbocycles. The van der Waals surface area contributed by atoms with Crippen LogP contribution in [0.1, 0.15) is 46.2 Å². The van der Waals surface area contributed by atoms with Crippen LogP contribution in [0.3, 0.4) is 0 Å². The fourth-order valence-electron chi connectivity index (χ4n) is 3.17. The maximum absolute atomic E-state index is 15.4. The molecule has 1 aromatic heterocycles. The third-order valence-corrected chi connectivity index (χ3v) is 6.73. The first-order valence-electron chi connectivity index (χ1n) is 9.21. The number of hydrogen-bond acceptors (Lipinski definition) is 7. The van der Waals surface area contributed by atoms with Crippen LogP contribution in [0.4, 0.5) is 4.39 Å². The van der Waals surface area contributed by atoms with Gasteiger partial charge in [-0.3, -0.25) is 14.6 Å². The molecule has 1 saturated heterocycles. The summed E-state index contributed by atoms with van der Waals surface area (Å²) in [5.74, 6) is -2.69. The molecule has 1 aliphatic rings. The number of ketones is 2. The van der Waals surface area contributed by atoms with E-state index in [1.165, 1.54) is 35.8 Å². The van der Waals surface area contributed by atoms with Crippen LogP contribution in [0, 0.1) is 5.82 Å². The number of carbonyl (C=O) groups is 2. The van der Waals surface area contributed by atoms with E-state index in [9.17, 15) is 9.59 Å². The van der Waals surface area contributed by atoms with Crippen molar-refractivity contribution in [3.8, 4) is 0 Å². The Kier molecular flexibility index (Phi) is 7.13. The molecule has 1 atom stereocenters. The fraction of sp³-hybridized carbons (Fsp3) is 0.318. The van der Waals surface area contributed by atoms with Gasteiger partial charge in [0.05, 0.1) is 22.0 Å². The number of benzene rings is 1. The number of pyridine rings is 1. The van der Waals surface area contributed by atoms with Crippen molar-refractivity contribution in [2.24, 2.45) is 0 Å². The maximum Gasteiger partial charge on any atom is 0.201 e. The molecule has 158 valence electrons. The summed E-state index contributed by atoms with van der Waals surface area (Å²) in [6.45, 7) is 3.67. The minimum atomic E-state index is -0.830. The van der Waals surface area contributed by atoms with Gasteiger partial charge in [0.1, 0.15) is 11.9 Å². The van der Waals surface area contributed by atoms with Gasteiger partial charge in [0, 0.05) is 23.5 Å². The SMILES string of the molecule is CSC(SC)=C(C(=O)c1cccnc1)C(=O)c1cccc(C2COC(C)(C)O2)c1F. The first-order valence-corrected chi connectivity index (χ1v) is 11.7. The fourth-order valence-corrected chi connectivity index (χ4v) is 4.61. The van der Waals surface area contributed by atoms with Crippen LogP contribution in [0.25, 0.3) is 0 Å². The average Bonchev–Trinajstić information content (AvgIpc) is 3.11. The van der Waals surface area contributed by atoms with Crippen molar-refractivity contribution < 1.29 is 23.5 Å². The Morgan fingerprint density at radius 2 is 1.87 bits per heavy atom. The minimum Gasteiger partial charge on any atom is -0.347 e. The molecule has 2 heterocycles. The number of allylic oxidation sites excluding steroid dienone is 1. The van der Waals surface area contributed by atoms with Gasteiger partial charge in [0.15, 0.2) is 11.6 Å². The molecule has 1 aliphatic heterocycles. The highest BCUT2D eigenvalue weighted by Gasteiger charge is 2.36. The van der Waals surface area contributed by atoms with Crippen LogP contribution in [0.15, 0.2) is 52.5 Å². The lowest BCUT2D eigenvalue weighted by Gasteiger charge is -2.18. The predicted octanol–water partition coefficient (Wildman–Crippen LogP) is 5.05. The normalized spacial score (nSPS) is 17.6. The number of hydrogen-bond donors (Lipinski definition) is 0. The number of halogens is 1. The van der Waals surface area contributed by atoms with Crippen LogP contribution in [0.5, 0.6) is 0 Å². The van der Waals surface area contributed by atoms with Crippen molar-refractivity contribution in [3.05, 3.63) is 75.0 Å². The van der Waals surface area contributed by atoms with E-state index in [2.05, 4.69) is 4.98 Å². The third kappa shape index (κ3) is 4.67. The molecule has 0 radical (unpaired) electrons. The molecular formula is C22H22FNO4S2. The minimum absolute atomic E-state index is 0.0667. The second-order valence-electron chi connectivity index (χ2n) is 7.00. The number of aromatic nitrogens is 1. The molecule has 0 spiro atoms. The summed E-state index contributed by atoms with van der Waals surface area (Å²) >= 11 is 2.55. The Bertz CT molecular complexity index is 986. The zero-order valence-electron chi connectivity index (χ0n) is 17.1. The van der Waals surface area contributed by atoms with E-state index in [4.69, 9.17) is 9.47 Å². The van der Waals surface area contributed by atoms with E-state index in [1.54, 1.807) is 56.8 Å². The number of nitrogens with zero attached hydrogens (tertiary/aromatic N) is 1. The number of ether oxygens (including phenoxy) is 2. The predicted molar refractivity (Wildman–Crippen MR) is 117 cm³/mol. The summed E-state index contributed by atoms with van der Waals surface area (Å²) in [7, 11) is 0. The molecule has 0 bridgehead atoms. The van der Waals surface area contributed by atoms with E-state index < -0.39 is 29.3 Å². The molecule has 8 heteroatoms. The number of rotatable bonds is 7. The lowest BCUT2D eigenvalue weighted by molar-refractivity contribution is -0.139. The summed E-state index contributed by atoms with van der Waals surface area (Å²) in [4.78, 5) is 30.5. The highest BCUT2D eigenvalue weighted by Crippen LogP contribution is 2.36. The van der Waals surface area contributed by atoms with Crippen molar-refractivity contribution in [1.29, 1.82) is 0 Å². The molecule has 1 aromatic carbocycles. The molecule has 5 nitrogen and oxygen atoms in total. The van der Waals surface area contributed by atoms with Crippen LogP contribution in [-0.2, 0) is 9.47 Å². The zero-order chi connectivity index (χ0) is 21.9. The smallest absolute Gasteiger partial charge is 0.201 e. The molecule has 30 heavy (non-hydrogen) atoms. The van der Waals surface area contributed by atoms with Crippen LogP contribution >= 0.6 is 23.5 Å². The number of Topliss-reactive ketones (excluding diaryl/α,β-unsaturated/α-hetero) is 2. The van der Waals surface area contributed by atoms with E-state index in [0.717, 1.165) is 0 Å². The molecule has 3 rings (SSSR count). The standard InChI is InChI=1S/C22H22FNO4S2/c1-22(2)27-12-16(28-22)14-8-5-9-15(18(14)23)20(26)17(21(29-3)30-4)19(25)13-7-6-10-24-11-13/h5-11,16H,12H2,1-4H3. The highest BCUT2D eigenvalue weighted by atomic mass is 32.2. The summed E-state index contributed by atoms with van der Waals surface area (Å²) in [6, 6.07) is 7.74. The van der Waals surface area contributed by atoms with Gasteiger partial charge in [-0.1, -0.05) is 12.1 Å². The molecule has 0 N–H and O–H groups in total. The van der Waals surface area contributed by atoms with E-state index in [0.29, 0.717) is 4.24 Å². The van der Waals surface area contributed by atoms with Crippen LogP contribution in [-0.4, -0.2) is 41.5 Å². The Balaban J connectivity index is 2.05. The maximum atomic E-state index is 15.4. The average molecular weight is 448 g/mol. The van der Waals surface area contributed by atoms with Gasteiger partial charge in [0.2, 0.25) is 5.78 Å². The van der Waals surface area contributed by atoms with Crippen molar-refractivity contribution in [2.45, 2.75) is 25.7 Å². The van der Waals surface area contributed by atoms with Crippen molar-refractivity contribution in [1.82, 2.24) is 4.98 Å². The molecular weight excluding hydrogens is 425 g/mol. The lowest BCUT2D eigenvalue weighted by atomic mass is 9.95. The number of thioether (sulfide) groups is 2. The van der Waals surface area contributed by atoms with Gasteiger partial charge in [-0.15, -0.1) is 23.5 Å². The third-order valence-electron chi connectivity index (χ3n) is 4.58. The molecule has 1 fully saturated rings. The zero-order valence-corrected chi connectivity index (χ0v) is 18.7. The van der Waals surface area contributed by atoms with E-state index in [1.807, 2.05) is 0 Å². The Morgan fingerprint density at radius 1 is 1.13 bits per heavy atom. The molecule has 0 aliphatic carbocycles. The van der Waals surface area contributed by atoms with Crippen LogP contribution < -0.4 is 0 Å². The number of carbonyl (C=O) groups excluding carboxylic acids is 2. The first kappa shape index (κ1) is 22.7. The van der Waals surface area contributed by atoms with Crippen molar-refractivity contribution >= 4 is 35.1 Å². The molecule has 2 aromatic rings. The monoisotopic (exact) mass is 447 g/mol. The van der Waals surface area contributed by atoms with E-state index >= 15 is 4.39 Å². The molecule has 1 unspecified atom stereocenters. The van der Waals surface area contributed by atoms with Gasteiger partial charge in [-0.25, -0.2) is 4.39 Å². The summed E-state index contributed by atoms with van der Waals surface area (Å²) in [5, 5.41) is 0. The van der Waals surface area contributed by atoms with Crippen molar-refractivity contribution in [2.75, 3.05) is 19.1 Å². The quantitative estimate of drug-likeness (QED) is 0.255. The van der Waals surface area contributed by atoms with Gasteiger partial charge in [-0.2, -0.15) is 0 Å². The van der Waals surface area contributed by atoms with Gasteiger partial charge >= 0.3 is 0 Å². The Hall–Kier alpha value is -2.00. The summed E-state index contributed by atoms with van der Waals surface area (Å²) in [6.07, 6.45) is 5.85. The van der Waals surface area contributed by atoms with Crippen molar-refractivity contribution in [3.63, 3.8) is 0 Å². The second-order valence-corrected chi connectivity index (χ2v) is 8.89. The Morgan fingerprint density at radius 3 is 2.43 bits per heavy atom. The molecule has 0 amide bonds. The highest BCUT2D eigenvalue weighted by molar-refractivity contribution is 8.21. The topological polar surface area (TPSA) is 65.5 Å². The van der Waals surface area contributed by atoms with Gasteiger partial charge in [0.25, 0.3) is 0 Å². The lowest BCUT2D eigenvalue weighted by Crippen LogP contribution is -2.20. The second kappa shape index (κ2) is 9.43. The Labute approximate surface area is 183 Å². The largest absolute Gasteiger partial charge is 0.347 e. The summed E-state index contributed by atoms with van der Waals surface area (Å²) < 4.78 is 27.2. The summed E-state index contributed by atoms with van der Waals surface area (Å²) in [5.41, 5.74) is 0.262. The first-order chi connectivity index (χ1) is 14.3. The van der Waals surface area contributed by atoms with Gasteiger partial charge < -0.3 is 9.47 Å². The van der Waals surface area contributed by atoms with E-state index in [-0.39, 0.29) is 28.9 Å². The van der Waals surface area contributed by atoms with Gasteiger partial charge in [-0.05, 0) is 44.6 Å². The van der Waals surface area contributed by atoms with Crippen LogP contribution in [0.2, 0.25) is 0 Å².